The fraction of sp³-hybridized carbons (Fsp3) is 0.571. The summed E-state index contributed by atoms with van der Waals surface area (Å²) in [7, 11) is -1.37. The highest BCUT2D eigenvalue weighted by Gasteiger charge is 2.12. The summed E-state index contributed by atoms with van der Waals surface area (Å²) in [5.74, 6) is 0.409. The van der Waals surface area contributed by atoms with Crippen molar-refractivity contribution < 1.29 is 8.42 Å². The molecule has 0 aromatic heterocycles. The number of benzene rings is 1. The molecular formula is C14H24N2O2S. The van der Waals surface area contributed by atoms with E-state index in [1.807, 2.05) is 38.2 Å². The quantitative estimate of drug-likeness (QED) is 0.766. The van der Waals surface area contributed by atoms with Gasteiger partial charge in [0, 0.05) is 13.1 Å². The van der Waals surface area contributed by atoms with Crippen molar-refractivity contribution in [3.8, 4) is 0 Å². The van der Waals surface area contributed by atoms with Gasteiger partial charge in [-0.15, -0.1) is 0 Å². The molecule has 4 nitrogen and oxygen atoms in total. The van der Waals surface area contributed by atoms with E-state index in [0.717, 1.165) is 24.1 Å². The summed E-state index contributed by atoms with van der Waals surface area (Å²) < 4.78 is 26.6. The van der Waals surface area contributed by atoms with Gasteiger partial charge >= 0.3 is 0 Å². The van der Waals surface area contributed by atoms with Crippen LogP contribution in [0.5, 0.6) is 0 Å². The zero-order valence-corrected chi connectivity index (χ0v) is 12.8. The highest BCUT2D eigenvalue weighted by atomic mass is 32.2. The molecule has 19 heavy (non-hydrogen) atoms. The maximum absolute atomic E-state index is 12.0. The molecule has 1 aromatic carbocycles. The van der Waals surface area contributed by atoms with Gasteiger partial charge in [0.05, 0.1) is 5.75 Å². The molecule has 0 aliphatic carbocycles. The molecule has 2 N–H and O–H groups in total. The molecule has 0 spiro atoms. The lowest BCUT2D eigenvalue weighted by atomic mass is 10.1. The third-order valence-corrected chi connectivity index (χ3v) is 4.40. The zero-order valence-electron chi connectivity index (χ0n) is 11.9. The van der Waals surface area contributed by atoms with Crippen molar-refractivity contribution in [2.45, 2.75) is 32.6 Å². The fourth-order valence-corrected chi connectivity index (χ4v) is 2.98. The average molecular weight is 284 g/mol. The summed E-state index contributed by atoms with van der Waals surface area (Å²) in [6.45, 7) is 5.35. The van der Waals surface area contributed by atoms with Crippen LogP contribution in [0.3, 0.4) is 0 Å². The van der Waals surface area contributed by atoms with Crippen molar-refractivity contribution in [3.05, 3.63) is 35.4 Å². The number of hydrogen-bond acceptors (Lipinski definition) is 3. The van der Waals surface area contributed by atoms with Gasteiger partial charge in [-0.25, -0.2) is 13.1 Å². The lowest BCUT2D eigenvalue weighted by molar-refractivity contribution is 0.528. The minimum atomic E-state index is -3.24. The van der Waals surface area contributed by atoms with Gasteiger partial charge in [0.2, 0.25) is 10.0 Å². The van der Waals surface area contributed by atoms with E-state index in [9.17, 15) is 8.42 Å². The average Bonchev–Trinajstić information content (AvgIpc) is 2.36. The Balaban J connectivity index is 2.64. The second-order valence-corrected chi connectivity index (χ2v) is 6.78. The van der Waals surface area contributed by atoms with E-state index in [0.29, 0.717) is 12.5 Å². The molecule has 0 amide bonds. The van der Waals surface area contributed by atoms with Gasteiger partial charge in [0.15, 0.2) is 0 Å². The minimum absolute atomic E-state index is 0.0426. The summed E-state index contributed by atoms with van der Waals surface area (Å²) in [6.07, 6.45) is 0.972. The van der Waals surface area contributed by atoms with Crippen molar-refractivity contribution in [1.29, 1.82) is 0 Å². The monoisotopic (exact) mass is 284 g/mol. The van der Waals surface area contributed by atoms with Crippen molar-refractivity contribution >= 4 is 10.0 Å². The van der Waals surface area contributed by atoms with Crippen molar-refractivity contribution in [1.82, 2.24) is 10.0 Å². The van der Waals surface area contributed by atoms with Crippen LogP contribution >= 0.6 is 0 Å². The number of sulfonamides is 1. The lowest BCUT2D eigenvalue weighted by Gasteiger charge is -2.11. The van der Waals surface area contributed by atoms with Crippen LogP contribution in [-0.2, 0) is 22.3 Å². The van der Waals surface area contributed by atoms with E-state index >= 15 is 0 Å². The summed E-state index contributed by atoms with van der Waals surface area (Å²) in [5, 5.41) is 3.06. The Morgan fingerprint density at radius 1 is 1.26 bits per heavy atom. The van der Waals surface area contributed by atoms with Crippen LogP contribution in [0.2, 0.25) is 0 Å². The Bertz CT molecular complexity index is 486. The van der Waals surface area contributed by atoms with Gasteiger partial charge < -0.3 is 5.32 Å². The van der Waals surface area contributed by atoms with Crippen molar-refractivity contribution in [2.75, 3.05) is 13.6 Å². The standard InChI is InChI=1S/C14H24N2O2S/c1-4-12(2)9-16-19(17,18)11-14-7-5-6-13(8-14)10-15-3/h5-8,12,15-16H,4,9-11H2,1-3H3. The topological polar surface area (TPSA) is 58.2 Å². The van der Waals surface area contributed by atoms with Gasteiger partial charge in [-0.1, -0.05) is 44.5 Å². The van der Waals surface area contributed by atoms with E-state index in [1.54, 1.807) is 0 Å². The number of hydrogen-bond donors (Lipinski definition) is 2. The van der Waals surface area contributed by atoms with Crippen LogP contribution < -0.4 is 10.0 Å². The van der Waals surface area contributed by atoms with E-state index < -0.39 is 10.0 Å². The molecular weight excluding hydrogens is 260 g/mol. The first-order valence-corrected chi connectivity index (χ1v) is 8.31. The highest BCUT2D eigenvalue weighted by molar-refractivity contribution is 7.88. The third-order valence-electron chi connectivity index (χ3n) is 3.08. The summed E-state index contributed by atoms with van der Waals surface area (Å²) in [4.78, 5) is 0. The lowest BCUT2D eigenvalue weighted by Crippen LogP contribution is -2.29. The van der Waals surface area contributed by atoms with E-state index in [2.05, 4.69) is 17.0 Å². The molecule has 1 aromatic rings. The molecule has 108 valence electrons. The van der Waals surface area contributed by atoms with Gasteiger partial charge in [-0.05, 0) is 24.1 Å². The van der Waals surface area contributed by atoms with Gasteiger partial charge in [0.25, 0.3) is 0 Å². The molecule has 5 heteroatoms. The van der Waals surface area contributed by atoms with Crippen LogP contribution in [-0.4, -0.2) is 22.0 Å². The first-order valence-electron chi connectivity index (χ1n) is 6.66. The minimum Gasteiger partial charge on any atom is -0.316 e. The molecule has 0 saturated heterocycles. The highest BCUT2D eigenvalue weighted by Crippen LogP contribution is 2.09. The molecule has 0 aliphatic heterocycles. The predicted molar refractivity (Wildman–Crippen MR) is 79.3 cm³/mol. The predicted octanol–water partition coefficient (Wildman–Crippen LogP) is 1.87. The first kappa shape index (κ1) is 16.1. The number of rotatable bonds is 8. The molecule has 1 unspecified atom stereocenters. The second-order valence-electron chi connectivity index (χ2n) is 4.97. The number of nitrogens with one attached hydrogen (secondary N) is 2. The molecule has 0 radical (unpaired) electrons. The summed E-state index contributed by atoms with van der Waals surface area (Å²) in [5.41, 5.74) is 1.92. The van der Waals surface area contributed by atoms with Gasteiger partial charge in [0.1, 0.15) is 0 Å². The van der Waals surface area contributed by atoms with Crippen molar-refractivity contribution in [2.24, 2.45) is 5.92 Å². The largest absolute Gasteiger partial charge is 0.316 e. The molecule has 0 fully saturated rings. The molecule has 0 aliphatic rings. The van der Waals surface area contributed by atoms with Crippen LogP contribution in [0.4, 0.5) is 0 Å². The molecule has 1 atom stereocenters. The normalized spacial score (nSPS) is 13.4. The SMILES string of the molecule is CCC(C)CNS(=O)(=O)Cc1cccc(CNC)c1. The Morgan fingerprint density at radius 2 is 1.95 bits per heavy atom. The Hall–Kier alpha value is -0.910. The molecule has 0 bridgehead atoms. The first-order chi connectivity index (χ1) is 8.96. The Kier molecular flexibility index (Phi) is 6.48. The maximum atomic E-state index is 12.0. The molecule has 1 rings (SSSR count). The van der Waals surface area contributed by atoms with Gasteiger partial charge in [-0.2, -0.15) is 0 Å². The second kappa shape index (κ2) is 7.62. The zero-order chi connectivity index (χ0) is 14.3. The van der Waals surface area contributed by atoms with Crippen LogP contribution in [0, 0.1) is 5.92 Å². The maximum Gasteiger partial charge on any atom is 0.215 e. The van der Waals surface area contributed by atoms with Crippen LogP contribution in [0.1, 0.15) is 31.4 Å². The van der Waals surface area contributed by atoms with Crippen LogP contribution in [0.15, 0.2) is 24.3 Å². The molecule has 0 heterocycles. The molecule has 0 saturated carbocycles. The van der Waals surface area contributed by atoms with Crippen LogP contribution in [0.25, 0.3) is 0 Å². The van der Waals surface area contributed by atoms with E-state index in [1.165, 1.54) is 0 Å². The smallest absolute Gasteiger partial charge is 0.215 e. The van der Waals surface area contributed by atoms with E-state index in [4.69, 9.17) is 0 Å². The Morgan fingerprint density at radius 3 is 2.58 bits per heavy atom. The fourth-order valence-electron chi connectivity index (χ4n) is 1.72. The van der Waals surface area contributed by atoms with Crippen molar-refractivity contribution in [3.63, 3.8) is 0 Å². The third kappa shape index (κ3) is 6.18. The summed E-state index contributed by atoms with van der Waals surface area (Å²) in [6, 6.07) is 7.66. The Labute approximate surface area is 116 Å². The van der Waals surface area contributed by atoms with Gasteiger partial charge in [-0.3, -0.25) is 0 Å². The van der Waals surface area contributed by atoms with E-state index in [-0.39, 0.29) is 5.75 Å². The summed E-state index contributed by atoms with van der Waals surface area (Å²) >= 11 is 0.